The summed E-state index contributed by atoms with van der Waals surface area (Å²) in [6.45, 7) is 9.51. The molecule has 1 unspecified atom stereocenters. The third kappa shape index (κ3) is 2.95. The number of nitrogens with one attached hydrogen (secondary N) is 1. The van der Waals surface area contributed by atoms with E-state index in [1.54, 1.807) is 0 Å². The fourth-order valence-electron chi connectivity index (χ4n) is 3.01. The van der Waals surface area contributed by atoms with Crippen LogP contribution in [-0.4, -0.2) is 22.1 Å². The quantitative estimate of drug-likeness (QED) is 0.940. The number of hydrogen-bond donors (Lipinski definition) is 1. The van der Waals surface area contributed by atoms with Gasteiger partial charge >= 0.3 is 0 Å². The summed E-state index contributed by atoms with van der Waals surface area (Å²) in [6, 6.07) is 9.61. The van der Waals surface area contributed by atoms with Crippen molar-refractivity contribution >= 4 is 5.69 Å². The molecule has 1 N–H and O–H groups in total. The molecule has 21 heavy (non-hydrogen) atoms. The van der Waals surface area contributed by atoms with Gasteiger partial charge < -0.3 is 14.8 Å². The van der Waals surface area contributed by atoms with E-state index >= 15 is 0 Å². The summed E-state index contributed by atoms with van der Waals surface area (Å²) >= 11 is 0. The van der Waals surface area contributed by atoms with Crippen molar-refractivity contribution in [1.29, 1.82) is 0 Å². The lowest BCUT2D eigenvalue weighted by molar-refractivity contribution is 0.535. The molecule has 0 amide bonds. The van der Waals surface area contributed by atoms with Crippen molar-refractivity contribution in [2.45, 2.75) is 45.9 Å². The fourth-order valence-corrected chi connectivity index (χ4v) is 3.01. The second-order valence-corrected chi connectivity index (χ2v) is 6.18. The first kappa shape index (κ1) is 14.1. The van der Waals surface area contributed by atoms with Crippen molar-refractivity contribution in [3.63, 3.8) is 0 Å². The zero-order chi connectivity index (χ0) is 14.8. The maximum absolute atomic E-state index is 4.33. The molecule has 2 aromatic rings. The molecule has 3 rings (SSSR count). The van der Waals surface area contributed by atoms with Gasteiger partial charge in [0, 0.05) is 37.1 Å². The summed E-state index contributed by atoms with van der Waals surface area (Å²) in [5.41, 5.74) is 3.98. The average molecular weight is 284 g/mol. The molecule has 1 aliphatic rings. The van der Waals surface area contributed by atoms with Crippen LogP contribution in [0.15, 0.2) is 36.8 Å². The van der Waals surface area contributed by atoms with Crippen LogP contribution in [0.3, 0.4) is 0 Å². The molecule has 1 aliphatic heterocycles. The minimum atomic E-state index is 0.445. The van der Waals surface area contributed by atoms with Crippen LogP contribution < -0.4 is 10.2 Å². The molecule has 2 heterocycles. The Labute approximate surface area is 126 Å². The van der Waals surface area contributed by atoms with Crippen LogP contribution in [0.25, 0.3) is 0 Å². The molecule has 0 radical (unpaired) electrons. The van der Waals surface area contributed by atoms with Crippen molar-refractivity contribution in [3.05, 3.63) is 48.0 Å². The SMILES string of the molecule is CC1CN(Cc2cncn2C(C)C)c2ccccc2CN1. The van der Waals surface area contributed by atoms with Crippen molar-refractivity contribution in [1.82, 2.24) is 14.9 Å². The highest BCUT2D eigenvalue weighted by atomic mass is 15.2. The summed E-state index contributed by atoms with van der Waals surface area (Å²) in [6.07, 6.45) is 3.93. The number of imidazole rings is 1. The predicted molar refractivity (Wildman–Crippen MR) is 86.4 cm³/mol. The highest BCUT2D eigenvalue weighted by Crippen LogP contribution is 2.25. The Morgan fingerprint density at radius 1 is 1.33 bits per heavy atom. The molecular formula is C17H24N4. The summed E-state index contributed by atoms with van der Waals surface area (Å²) in [5, 5.41) is 3.58. The van der Waals surface area contributed by atoms with Crippen LogP contribution in [0.1, 0.15) is 38.1 Å². The van der Waals surface area contributed by atoms with Crippen LogP contribution in [0, 0.1) is 0 Å². The Balaban J connectivity index is 1.91. The summed E-state index contributed by atoms with van der Waals surface area (Å²) in [7, 11) is 0. The first-order chi connectivity index (χ1) is 10.1. The van der Waals surface area contributed by atoms with E-state index in [2.05, 4.69) is 64.8 Å². The molecule has 0 aliphatic carbocycles. The van der Waals surface area contributed by atoms with Gasteiger partial charge in [0.1, 0.15) is 0 Å². The summed E-state index contributed by atoms with van der Waals surface area (Å²) in [4.78, 5) is 6.80. The van der Waals surface area contributed by atoms with Crippen LogP contribution in [-0.2, 0) is 13.1 Å². The number of aromatic nitrogens is 2. The van der Waals surface area contributed by atoms with E-state index in [0.717, 1.165) is 19.6 Å². The lowest BCUT2D eigenvalue weighted by atomic mass is 10.1. The molecule has 4 nitrogen and oxygen atoms in total. The monoisotopic (exact) mass is 284 g/mol. The molecule has 1 aromatic carbocycles. The maximum Gasteiger partial charge on any atom is 0.0951 e. The largest absolute Gasteiger partial charge is 0.364 e. The number of para-hydroxylation sites is 1. The Hall–Kier alpha value is -1.81. The van der Waals surface area contributed by atoms with Gasteiger partial charge in [0.05, 0.1) is 18.6 Å². The standard InChI is InChI=1S/C17H24N4/c1-13(2)21-12-18-9-16(21)11-20-10-14(3)19-8-15-6-4-5-7-17(15)20/h4-7,9,12-14,19H,8,10-11H2,1-3H3. The van der Waals surface area contributed by atoms with Crippen molar-refractivity contribution in [3.8, 4) is 0 Å². The summed E-state index contributed by atoms with van der Waals surface area (Å²) < 4.78 is 2.26. The Kier molecular flexibility index (Phi) is 3.97. The van der Waals surface area contributed by atoms with Gasteiger partial charge in [0.15, 0.2) is 0 Å². The van der Waals surface area contributed by atoms with E-state index in [1.807, 2.05) is 12.5 Å². The van der Waals surface area contributed by atoms with Crippen LogP contribution in [0.2, 0.25) is 0 Å². The van der Waals surface area contributed by atoms with Gasteiger partial charge in [-0.25, -0.2) is 4.98 Å². The minimum absolute atomic E-state index is 0.445. The van der Waals surface area contributed by atoms with E-state index in [9.17, 15) is 0 Å². The molecule has 1 aromatic heterocycles. The lowest BCUT2D eigenvalue weighted by Gasteiger charge is -2.27. The van der Waals surface area contributed by atoms with Gasteiger partial charge in [-0.1, -0.05) is 18.2 Å². The third-order valence-corrected chi connectivity index (χ3v) is 4.12. The number of hydrogen-bond acceptors (Lipinski definition) is 3. The molecule has 1 atom stereocenters. The highest BCUT2D eigenvalue weighted by Gasteiger charge is 2.20. The molecule has 112 valence electrons. The molecule has 0 spiro atoms. The molecule has 0 fully saturated rings. The van der Waals surface area contributed by atoms with Crippen LogP contribution in [0.4, 0.5) is 5.69 Å². The second kappa shape index (κ2) is 5.90. The van der Waals surface area contributed by atoms with Gasteiger partial charge in [0.2, 0.25) is 0 Å². The molecule has 0 saturated carbocycles. The zero-order valence-electron chi connectivity index (χ0n) is 13.1. The smallest absolute Gasteiger partial charge is 0.0951 e. The Bertz CT molecular complexity index is 602. The van der Waals surface area contributed by atoms with Gasteiger partial charge in [-0.05, 0) is 32.4 Å². The van der Waals surface area contributed by atoms with E-state index in [1.165, 1.54) is 16.9 Å². The summed E-state index contributed by atoms with van der Waals surface area (Å²) in [5.74, 6) is 0. The highest BCUT2D eigenvalue weighted by molar-refractivity contribution is 5.54. The number of fused-ring (bicyclic) bond motifs is 1. The number of anilines is 1. The molecule has 0 bridgehead atoms. The zero-order valence-corrected chi connectivity index (χ0v) is 13.1. The fraction of sp³-hybridized carbons (Fsp3) is 0.471. The van der Waals surface area contributed by atoms with Crippen LogP contribution >= 0.6 is 0 Å². The van der Waals surface area contributed by atoms with Crippen molar-refractivity contribution in [2.24, 2.45) is 0 Å². The van der Waals surface area contributed by atoms with Crippen LogP contribution in [0.5, 0.6) is 0 Å². The van der Waals surface area contributed by atoms with E-state index in [4.69, 9.17) is 0 Å². The number of benzene rings is 1. The number of nitrogens with zero attached hydrogens (tertiary/aromatic N) is 3. The topological polar surface area (TPSA) is 33.1 Å². The molecule has 4 heteroatoms. The first-order valence-corrected chi connectivity index (χ1v) is 7.72. The normalized spacial score (nSPS) is 18.7. The van der Waals surface area contributed by atoms with Gasteiger partial charge in [-0.3, -0.25) is 0 Å². The van der Waals surface area contributed by atoms with Gasteiger partial charge in [0.25, 0.3) is 0 Å². The predicted octanol–water partition coefficient (Wildman–Crippen LogP) is 2.96. The van der Waals surface area contributed by atoms with E-state index in [-0.39, 0.29) is 0 Å². The van der Waals surface area contributed by atoms with E-state index < -0.39 is 0 Å². The second-order valence-electron chi connectivity index (χ2n) is 6.18. The van der Waals surface area contributed by atoms with Gasteiger partial charge in [-0.15, -0.1) is 0 Å². The molecule has 0 saturated heterocycles. The minimum Gasteiger partial charge on any atom is -0.364 e. The Morgan fingerprint density at radius 3 is 2.95 bits per heavy atom. The first-order valence-electron chi connectivity index (χ1n) is 7.72. The Morgan fingerprint density at radius 2 is 2.14 bits per heavy atom. The van der Waals surface area contributed by atoms with Gasteiger partial charge in [-0.2, -0.15) is 0 Å². The third-order valence-electron chi connectivity index (χ3n) is 4.12. The van der Waals surface area contributed by atoms with Crippen molar-refractivity contribution < 1.29 is 0 Å². The average Bonchev–Trinajstić information content (AvgIpc) is 2.87. The van der Waals surface area contributed by atoms with Crippen molar-refractivity contribution in [2.75, 3.05) is 11.4 Å². The maximum atomic E-state index is 4.33. The lowest BCUT2D eigenvalue weighted by Crippen LogP contribution is -2.36. The number of rotatable bonds is 3. The van der Waals surface area contributed by atoms with E-state index in [0.29, 0.717) is 12.1 Å². The molecular weight excluding hydrogens is 260 g/mol.